The van der Waals surface area contributed by atoms with Gasteiger partial charge in [0.1, 0.15) is 5.82 Å². The molecule has 0 amide bonds. The number of aromatic nitrogens is 1. The molecule has 0 spiro atoms. The van der Waals surface area contributed by atoms with Crippen molar-refractivity contribution in [3.63, 3.8) is 0 Å². The third-order valence-corrected chi connectivity index (χ3v) is 5.02. The Morgan fingerprint density at radius 3 is 2.59 bits per heavy atom. The summed E-state index contributed by atoms with van der Waals surface area (Å²) in [4.78, 5) is 9.75. The second-order valence-electron chi connectivity index (χ2n) is 5.87. The van der Waals surface area contributed by atoms with Crippen LogP contribution in [0.2, 0.25) is 0 Å². The third-order valence-electron chi connectivity index (χ3n) is 3.95. The lowest BCUT2D eigenvalue weighted by atomic mass is 10.1. The van der Waals surface area contributed by atoms with Crippen LogP contribution >= 0.6 is 11.3 Å². The predicted octanol–water partition coefficient (Wildman–Crippen LogP) is 4.08. The van der Waals surface area contributed by atoms with Crippen LogP contribution in [0.5, 0.6) is 0 Å². The monoisotopic (exact) mass is 402 g/mol. The van der Waals surface area contributed by atoms with Gasteiger partial charge in [-0.05, 0) is 31.0 Å². The summed E-state index contributed by atoms with van der Waals surface area (Å²) in [7, 11) is 1.54. The van der Waals surface area contributed by atoms with Crippen molar-refractivity contribution in [2.24, 2.45) is 4.99 Å². The Bertz CT molecular complexity index is 799. The van der Waals surface area contributed by atoms with E-state index in [1.165, 1.54) is 11.9 Å². The van der Waals surface area contributed by atoms with Crippen molar-refractivity contribution in [1.82, 2.24) is 15.6 Å². The van der Waals surface area contributed by atoms with Crippen LogP contribution in [-0.4, -0.2) is 24.5 Å². The number of alkyl halides is 3. The van der Waals surface area contributed by atoms with E-state index >= 15 is 0 Å². The summed E-state index contributed by atoms with van der Waals surface area (Å²) in [5.74, 6) is -0.546. The zero-order valence-electron chi connectivity index (χ0n) is 15.4. The summed E-state index contributed by atoms with van der Waals surface area (Å²) in [5.41, 5.74) is 0.0549. The molecule has 0 unspecified atom stereocenters. The smallest absolute Gasteiger partial charge is 0.356 e. The van der Waals surface area contributed by atoms with Crippen molar-refractivity contribution >= 4 is 17.3 Å². The molecule has 0 aliphatic rings. The van der Waals surface area contributed by atoms with Crippen LogP contribution in [-0.2, 0) is 25.6 Å². The highest BCUT2D eigenvalue weighted by atomic mass is 32.1. The van der Waals surface area contributed by atoms with Gasteiger partial charge >= 0.3 is 6.18 Å². The predicted molar refractivity (Wildman–Crippen MR) is 99.5 cm³/mol. The van der Waals surface area contributed by atoms with E-state index in [0.717, 1.165) is 29.3 Å². The van der Waals surface area contributed by atoms with Gasteiger partial charge in [-0.15, -0.1) is 11.3 Å². The van der Waals surface area contributed by atoms with Crippen LogP contribution in [0.1, 0.15) is 33.6 Å². The number of aliphatic imine (C=N–C) groups is 1. The van der Waals surface area contributed by atoms with E-state index in [0.29, 0.717) is 25.0 Å². The van der Waals surface area contributed by atoms with Gasteiger partial charge in [-0.3, -0.25) is 4.99 Å². The summed E-state index contributed by atoms with van der Waals surface area (Å²) >= 11 is 1.64. The molecule has 0 saturated carbocycles. The largest absolute Gasteiger partial charge is 0.416 e. The van der Waals surface area contributed by atoms with Crippen LogP contribution in [0.4, 0.5) is 17.6 Å². The molecule has 4 nitrogen and oxygen atoms in total. The van der Waals surface area contributed by atoms with Crippen LogP contribution in [0.3, 0.4) is 0 Å². The van der Waals surface area contributed by atoms with E-state index in [1.54, 1.807) is 11.3 Å². The zero-order chi connectivity index (χ0) is 20.0. The summed E-state index contributed by atoms with van der Waals surface area (Å²) < 4.78 is 52.3. The normalized spacial score (nSPS) is 12.3. The molecule has 0 atom stereocenters. The molecule has 1 aromatic carbocycles. The van der Waals surface area contributed by atoms with Gasteiger partial charge in [-0.1, -0.05) is 13.0 Å². The standard InChI is InChI=1S/C18H22F4N4S/c1-4-15-11(2)27-16(26-15)7-8-24-17(23-3)25-10-12-5-6-13(19)9-14(12)18(20,21)22/h5-6,9H,4,7-8,10H2,1-3H3,(H2,23,24,25). The third kappa shape index (κ3) is 5.92. The molecule has 0 saturated heterocycles. The lowest BCUT2D eigenvalue weighted by molar-refractivity contribution is -0.138. The molecule has 0 bridgehead atoms. The first-order chi connectivity index (χ1) is 12.7. The molecule has 0 fully saturated rings. The number of hydrogen-bond acceptors (Lipinski definition) is 3. The summed E-state index contributed by atoms with van der Waals surface area (Å²) in [6, 6.07) is 2.64. The minimum absolute atomic E-state index is 0.0463. The first-order valence-electron chi connectivity index (χ1n) is 8.50. The first-order valence-corrected chi connectivity index (χ1v) is 9.31. The maximum absolute atomic E-state index is 13.2. The fourth-order valence-electron chi connectivity index (χ4n) is 2.58. The number of guanidine groups is 1. The Balaban J connectivity index is 1.92. The highest BCUT2D eigenvalue weighted by Gasteiger charge is 2.33. The molecule has 0 aliphatic heterocycles. The van der Waals surface area contributed by atoms with Gasteiger partial charge in [-0.25, -0.2) is 9.37 Å². The van der Waals surface area contributed by atoms with Crippen molar-refractivity contribution in [2.45, 2.75) is 39.4 Å². The summed E-state index contributed by atoms with van der Waals surface area (Å²) in [6.45, 7) is 4.52. The molecule has 0 radical (unpaired) electrons. The second-order valence-corrected chi connectivity index (χ2v) is 7.15. The number of aryl methyl sites for hydroxylation is 2. The molecular formula is C18H22F4N4S. The topological polar surface area (TPSA) is 49.3 Å². The van der Waals surface area contributed by atoms with E-state index in [1.807, 2.05) is 6.92 Å². The molecule has 148 valence electrons. The Hall–Kier alpha value is -2.16. The number of hydrogen-bond donors (Lipinski definition) is 2. The molecule has 2 rings (SSSR count). The van der Waals surface area contributed by atoms with Crippen LogP contribution < -0.4 is 10.6 Å². The Morgan fingerprint density at radius 1 is 1.26 bits per heavy atom. The molecule has 9 heteroatoms. The maximum Gasteiger partial charge on any atom is 0.416 e. The van der Waals surface area contributed by atoms with Gasteiger partial charge in [0, 0.05) is 31.4 Å². The van der Waals surface area contributed by atoms with Gasteiger partial charge < -0.3 is 10.6 Å². The van der Waals surface area contributed by atoms with E-state index < -0.39 is 17.6 Å². The molecule has 0 aliphatic carbocycles. The zero-order valence-corrected chi connectivity index (χ0v) is 16.2. The number of thiazole rings is 1. The second kappa shape index (κ2) is 9.16. The SMILES string of the molecule is CCc1nc(CCNC(=NC)NCc2ccc(F)cc2C(F)(F)F)sc1C. The van der Waals surface area contributed by atoms with Gasteiger partial charge in [0.15, 0.2) is 5.96 Å². The number of halogens is 4. The minimum Gasteiger partial charge on any atom is -0.356 e. The van der Waals surface area contributed by atoms with E-state index in [-0.39, 0.29) is 12.1 Å². The lowest BCUT2D eigenvalue weighted by Gasteiger charge is -2.15. The van der Waals surface area contributed by atoms with Crippen LogP contribution in [0.25, 0.3) is 0 Å². The van der Waals surface area contributed by atoms with Gasteiger partial charge in [0.05, 0.1) is 16.3 Å². The summed E-state index contributed by atoms with van der Waals surface area (Å²) in [6.07, 6.45) is -3.04. The fraction of sp³-hybridized carbons (Fsp3) is 0.444. The van der Waals surface area contributed by atoms with Gasteiger partial charge in [0.25, 0.3) is 0 Å². The van der Waals surface area contributed by atoms with E-state index in [9.17, 15) is 17.6 Å². The molecule has 2 aromatic rings. The van der Waals surface area contributed by atoms with Crippen molar-refractivity contribution in [2.75, 3.05) is 13.6 Å². The average Bonchev–Trinajstić information content (AvgIpc) is 2.97. The molecule has 2 N–H and O–H groups in total. The Kier molecular flexibility index (Phi) is 7.18. The quantitative estimate of drug-likeness (QED) is 0.435. The minimum atomic E-state index is -4.62. The van der Waals surface area contributed by atoms with Gasteiger partial charge in [-0.2, -0.15) is 13.2 Å². The average molecular weight is 402 g/mol. The first kappa shape index (κ1) is 21.1. The Morgan fingerprint density at radius 2 is 2.00 bits per heavy atom. The molecule has 1 aromatic heterocycles. The van der Waals surface area contributed by atoms with Crippen molar-refractivity contribution < 1.29 is 17.6 Å². The van der Waals surface area contributed by atoms with Crippen molar-refractivity contribution in [3.8, 4) is 0 Å². The maximum atomic E-state index is 13.2. The number of rotatable bonds is 6. The van der Waals surface area contributed by atoms with Crippen LogP contribution in [0, 0.1) is 12.7 Å². The number of nitrogens with zero attached hydrogens (tertiary/aromatic N) is 2. The van der Waals surface area contributed by atoms with Gasteiger partial charge in [0.2, 0.25) is 0 Å². The Labute approximate surface area is 159 Å². The van der Waals surface area contributed by atoms with E-state index in [4.69, 9.17) is 0 Å². The molecule has 1 heterocycles. The molecular weight excluding hydrogens is 380 g/mol. The molecule has 27 heavy (non-hydrogen) atoms. The van der Waals surface area contributed by atoms with Crippen LogP contribution in [0.15, 0.2) is 23.2 Å². The van der Waals surface area contributed by atoms with E-state index in [2.05, 4.69) is 27.5 Å². The fourth-order valence-corrected chi connectivity index (χ4v) is 3.60. The summed E-state index contributed by atoms with van der Waals surface area (Å²) in [5, 5.41) is 6.89. The van der Waals surface area contributed by atoms with Crippen molar-refractivity contribution in [1.29, 1.82) is 0 Å². The number of benzene rings is 1. The van der Waals surface area contributed by atoms with Crippen molar-refractivity contribution in [3.05, 3.63) is 50.7 Å². The lowest BCUT2D eigenvalue weighted by Crippen LogP contribution is -2.38. The highest BCUT2D eigenvalue weighted by Crippen LogP contribution is 2.32. The highest BCUT2D eigenvalue weighted by molar-refractivity contribution is 7.11. The number of nitrogens with one attached hydrogen (secondary N) is 2.